The van der Waals surface area contributed by atoms with Gasteiger partial charge in [0, 0.05) is 13.1 Å². The monoisotopic (exact) mass is 294 g/mol. The number of carbonyl (C=O) groups is 1. The van der Waals surface area contributed by atoms with Crippen LogP contribution in [0.3, 0.4) is 0 Å². The van der Waals surface area contributed by atoms with Gasteiger partial charge in [0.1, 0.15) is 11.3 Å². The molecule has 3 N–H and O–H groups in total. The van der Waals surface area contributed by atoms with Gasteiger partial charge in [0.2, 0.25) is 0 Å². The van der Waals surface area contributed by atoms with Crippen LogP contribution in [0.5, 0.6) is 0 Å². The Morgan fingerprint density at radius 3 is 2.67 bits per heavy atom. The summed E-state index contributed by atoms with van der Waals surface area (Å²) >= 11 is 0. The van der Waals surface area contributed by atoms with E-state index >= 15 is 0 Å². The number of nitro benzene ring substituents is 1. The van der Waals surface area contributed by atoms with Gasteiger partial charge in [-0.1, -0.05) is 19.9 Å². The second-order valence-electron chi connectivity index (χ2n) is 4.69. The van der Waals surface area contributed by atoms with Crippen LogP contribution in [-0.2, 0) is 0 Å². The van der Waals surface area contributed by atoms with Gasteiger partial charge in [-0.15, -0.1) is 0 Å². The zero-order valence-electron chi connectivity index (χ0n) is 12.5. The predicted molar refractivity (Wildman–Crippen MR) is 82.2 cm³/mol. The van der Waals surface area contributed by atoms with Gasteiger partial charge in [0.05, 0.1) is 4.92 Å². The topological polar surface area (TPSA) is 102 Å². The second kappa shape index (κ2) is 8.21. The minimum Gasteiger partial charge on any atom is -0.393 e. The molecule has 0 saturated carbocycles. The maximum Gasteiger partial charge on any atom is 0.304 e. The standard InChI is InChI=1S/C14H22N4O3/c1-3-9-17(4-2)10-8-16-14(19)11-6-5-7-12(15)13(11)18(20)21/h5-7H,3-4,8-10,15H2,1-2H3,(H,16,19). The Morgan fingerprint density at radius 1 is 1.38 bits per heavy atom. The summed E-state index contributed by atoms with van der Waals surface area (Å²) in [5, 5.41) is 13.7. The van der Waals surface area contributed by atoms with Crippen LogP contribution in [0.15, 0.2) is 18.2 Å². The van der Waals surface area contributed by atoms with Crippen molar-refractivity contribution in [3.63, 3.8) is 0 Å². The maximum atomic E-state index is 12.1. The number of carbonyl (C=O) groups excluding carboxylic acids is 1. The number of benzene rings is 1. The fourth-order valence-electron chi connectivity index (χ4n) is 2.12. The number of para-hydroxylation sites is 1. The summed E-state index contributed by atoms with van der Waals surface area (Å²) in [5.74, 6) is -0.471. The minimum absolute atomic E-state index is 0.00135. The van der Waals surface area contributed by atoms with Crippen LogP contribution < -0.4 is 11.1 Å². The van der Waals surface area contributed by atoms with Crippen molar-refractivity contribution < 1.29 is 9.72 Å². The van der Waals surface area contributed by atoms with Crippen molar-refractivity contribution in [2.75, 3.05) is 31.9 Å². The quantitative estimate of drug-likeness (QED) is 0.431. The van der Waals surface area contributed by atoms with Crippen LogP contribution in [0.25, 0.3) is 0 Å². The number of anilines is 1. The molecule has 1 aromatic carbocycles. The average Bonchev–Trinajstić information content (AvgIpc) is 2.45. The Morgan fingerprint density at radius 2 is 2.10 bits per heavy atom. The zero-order chi connectivity index (χ0) is 15.8. The van der Waals surface area contributed by atoms with Crippen molar-refractivity contribution in [1.82, 2.24) is 10.2 Å². The van der Waals surface area contributed by atoms with Crippen molar-refractivity contribution >= 4 is 17.3 Å². The minimum atomic E-state index is -0.625. The summed E-state index contributed by atoms with van der Waals surface area (Å²) in [6.45, 7) is 7.18. The van der Waals surface area contributed by atoms with Crippen molar-refractivity contribution in [3.8, 4) is 0 Å². The third kappa shape index (κ3) is 4.71. The van der Waals surface area contributed by atoms with Crippen molar-refractivity contribution in [1.29, 1.82) is 0 Å². The molecule has 116 valence electrons. The van der Waals surface area contributed by atoms with Crippen molar-refractivity contribution in [3.05, 3.63) is 33.9 Å². The molecule has 0 saturated heterocycles. The highest BCUT2D eigenvalue weighted by Gasteiger charge is 2.22. The number of nitrogens with one attached hydrogen (secondary N) is 1. The normalized spacial score (nSPS) is 10.6. The molecule has 0 aliphatic carbocycles. The third-order valence-corrected chi connectivity index (χ3v) is 3.20. The van der Waals surface area contributed by atoms with E-state index in [0.717, 1.165) is 19.5 Å². The maximum absolute atomic E-state index is 12.1. The van der Waals surface area contributed by atoms with Crippen LogP contribution in [-0.4, -0.2) is 41.9 Å². The number of nitrogen functional groups attached to an aromatic ring is 1. The fourth-order valence-corrected chi connectivity index (χ4v) is 2.12. The van der Waals surface area contributed by atoms with Crippen LogP contribution in [0, 0.1) is 10.1 Å². The van der Waals surface area contributed by atoms with E-state index in [1.54, 1.807) is 0 Å². The molecule has 0 fully saturated rings. The SMILES string of the molecule is CCCN(CC)CCNC(=O)c1cccc(N)c1[N+](=O)[O-]. The van der Waals surface area contributed by atoms with Gasteiger partial charge in [-0.25, -0.2) is 0 Å². The molecule has 0 atom stereocenters. The summed E-state index contributed by atoms with van der Waals surface area (Å²) in [4.78, 5) is 24.6. The number of amides is 1. The number of nitrogens with two attached hydrogens (primary N) is 1. The van der Waals surface area contributed by atoms with Crippen LogP contribution in [0.2, 0.25) is 0 Å². The molecule has 0 heterocycles. The molecule has 0 unspecified atom stereocenters. The van der Waals surface area contributed by atoms with Gasteiger partial charge in [-0.05, 0) is 31.6 Å². The Bertz CT molecular complexity index is 505. The number of nitro groups is 1. The summed E-state index contributed by atoms with van der Waals surface area (Å²) in [7, 11) is 0. The molecule has 1 rings (SSSR count). The lowest BCUT2D eigenvalue weighted by Gasteiger charge is -2.19. The van der Waals surface area contributed by atoms with Crippen molar-refractivity contribution in [2.24, 2.45) is 0 Å². The van der Waals surface area contributed by atoms with Gasteiger partial charge in [-0.2, -0.15) is 0 Å². The van der Waals surface area contributed by atoms with Gasteiger partial charge < -0.3 is 16.0 Å². The van der Waals surface area contributed by atoms with E-state index in [9.17, 15) is 14.9 Å². The molecule has 0 spiro atoms. The highest BCUT2D eigenvalue weighted by Crippen LogP contribution is 2.25. The van der Waals surface area contributed by atoms with Gasteiger partial charge in [-0.3, -0.25) is 14.9 Å². The Labute approximate surface area is 124 Å². The lowest BCUT2D eigenvalue weighted by atomic mass is 10.1. The molecule has 0 aliphatic rings. The van der Waals surface area contributed by atoms with Crippen LogP contribution >= 0.6 is 0 Å². The molecule has 7 nitrogen and oxygen atoms in total. The number of hydrogen-bond donors (Lipinski definition) is 2. The van der Waals surface area contributed by atoms with Gasteiger partial charge in [0.25, 0.3) is 5.91 Å². The number of hydrogen-bond acceptors (Lipinski definition) is 5. The first-order valence-corrected chi connectivity index (χ1v) is 7.04. The Balaban J connectivity index is 2.68. The molecule has 1 amide bonds. The molecular weight excluding hydrogens is 272 g/mol. The number of rotatable bonds is 8. The van der Waals surface area contributed by atoms with E-state index in [0.29, 0.717) is 13.1 Å². The number of likely N-dealkylation sites (N-methyl/N-ethyl adjacent to an activating group) is 1. The Hall–Kier alpha value is -2.15. The van der Waals surface area contributed by atoms with E-state index < -0.39 is 10.8 Å². The summed E-state index contributed by atoms with van der Waals surface area (Å²) < 4.78 is 0. The highest BCUT2D eigenvalue weighted by atomic mass is 16.6. The van der Waals surface area contributed by atoms with E-state index in [1.165, 1.54) is 18.2 Å². The molecular formula is C14H22N4O3. The van der Waals surface area contributed by atoms with Crippen LogP contribution in [0.1, 0.15) is 30.6 Å². The van der Waals surface area contributed by atoms with Gasteiger partial charge in [0.15, 0.2) is 0 Å². The predicted octanol–water partition coefficient (Wildman–Crippen LogP) is 1.64. The summed E-state index contributed by atoms with van der Waals surface area (Å²) in [6.07, 6.45) is 1.04. The van der Waals surface area contributed by atoms with Crippen molar-refractivity contribution in [2.45, 2.75) is 20.3 Å². The molecule has 0 radical (unpaired) electrons. The van der Waals surface area contributed by atoms with Gasteiger partial charge >= 0.3 is 5.69 Å². The second-order valence-corrected chi connectivity index (χ2v) is 4.69. The molecule has 0 bridgehead atoms. The average molecular weight is 294 g/mol. The van der Waals surface area contributed by atoms with E-state index in [2.05, 4.69) is 24.1 Å². The van der Waals surface area contributed by atoms with E-state index in [4.69, 9.17) is 5.73 Å². The zero-order valence-corrected chi connectivity index (χ0v) is 12.5. The molecule has 0 aliphatic heterocycles. The lowest BCUT2D eigenvalue weighted by Crippen LogP contribution is -2.35. The lowest BCUT2D eigenvalue weighted by molar-refractivity contribution is -0.384. The highest BCUT2D eigenvalue weighted by molar-refractivity contribution is 6.00. The molecule has 1 aromatic rings. The Kier molecular flexibility index (Phi) is 6.61. The van der Waals surface area contributed by atoms with E-state index in [-0.39, 0.29) is 16.9 Å². The molecule has 21 heavy (non-hydrogen) atoms. The van der Waals surface area contributed by atoms with E-state index in [1.807, 2.05) is 0 Å². The first-order chi connectivity index (χ1) is 10.0. The number of nitrogens with zero attached hydrogens (tertiary/aromatic N) is 2. The smallest absolute Gasteiger partial charge is 0.304 e. The third-order valence-electron chi connectivity index (χ3n) is 3.20. The summed E-state index contributed by atoms with van der Waals surface area (Å²) in [6, 6.07) is 4.36. The largest absolute Gasteiger partial charge is 0.393 e. The fraction of sp³-hybridized carbons (Fsp3) is 0.500. The first kappa shape index (κ1) is 16.9. The molecule has 7 heteroatoms. The summed E-state index contributed by atoms with van der Waals surface area (Å²) in [5.41, 5.74) is 5.22. The first-order valence-electron chi connectivity index (χ1n) is 7.04. The van der Waals surface area contributed by atoms with Crippen LogP contribution in [0.4, 0.5) is 11.4 Å². The molecule has 0 aromatic heterocycles.